The Morgan fingerprint density at radius 2 is 1.90 bits per heavy atom. The Kier molecular flexibility index (Phi) is 5.13. The average Bonchev–Trinajstić information content (AvgIpc) is 3.03. The summed E-state index contributed by atoms with van der Waals surface area (Å²) in [6, 6.07) is -2.43. The predicted octanol–water partition coefficient (Wildman–Crippen LogP) is -3.92. The molecule has 2 aliphatic heterocycles. The summed E-state index contributed by atoms with van der Waals surface area (Å²) in [4.78, 5) is 59.6. The van der Waals surface area contributed by atoms with Crippen molar-refractivity contribution in [1.82, 2.24) is 18.6 Å². The number of β-lactam (4-membered cyclic amide) rings is 1. The highest BCUT2D eigenvalue weighted by atomic mass is 32.2. The molecule has 162 valence electrons. The highest BCUT2D eigenvalue weighted by Gasteiger charge is 2.43. The van der Waals surface area contributed by atoms with Crippen molar-refractivity contribution in [2.45, 2.75) is 12.5 Å². The van der Waals surface area contributed by atoms with Crippen molar-refractivity contribution in [2.75, 3.05) is 24.6 Å². The molecule has 2 saturated heterocycles. The molecule has 6 amide bonds. The number of imide groups is 1. The topological polar surface area (TPSA) is 218 Å². The summed E-state index contributed by atoms with van der Waals surface area (Å²) in [5.74, 6) is -2.36. The fraction of sp³-hybridized carbons (Fsp3) is 0.357. The lowest BCUT2D eigenvalue weighted by molar-refractivity contribution is -0.137. The van der Waals surface area contributed by atoms with E-state index in [0.29, 0.717) is 9.21 Å². The first kappa shape index (κ1) is 21.1. The van der Waals surface area contributed by atoms with Crippen LogP contribution in [0.2, 0.25) is 0 Å². The number of urea groups is 2. The van der Waals surface area contributed by atoms with E-state index in [1.54, 1.807) is 4.72 Å². The Balaban J connectivity index is 1.83. The smallest absolute Gasteiger partial charge is 0.354 e. The molecule has 1 aromatic rings. The summed E-state index contributed by atoms with van der Waals surface area (Å²) in [5, 5.41) is 10.5. The number of likely N-dealkylation sites (tertiary alicyclic amines) is 1. The summed E-state index contributed by atoms with van der Waals surface area (Å²) >= 11 is 0. The second-order valence-corrected chi connectivity index (χ2v) is 8.04. The lowest BCUT2D eigenvalue weighted by Gasteiger charge is -2.34. The number of primary amides is 1. The van der Waals surface area contributed by atoms with Crippen molar-refractivity contribution in [2.24, 2.45) is 11.5 Å². The van der Waals surface area contributed by atoms with Crippen molar-refractivity contribution in [1.29, 1.82) is 0 Å². The van der Waals surface area contributed by atoms with E-state index in [1.807, 2.05) is 0 Å². The van der Waals surface area contributed by atoms with Crippen molar-refractivity contribution in [3.8, 4) is 5.75 Å². The molecular formula is C14H17N7O8S. The van der Waals surface area contributed by atoms with Gasteiger partial charge in [-0.2, -0.15) is 8.42 Å². The van der Waals surface area contributed by atoms with Gasteiger partial charge in [-0.1, -0.05) is 0 Å². The minimum atomic E-state index is -4.69. The van der Waals surface area contributed by atoms with Crippen LogP contribution in [-0.2, 0) is 26.2 Å². The molecule has 3 heterocycles. The van der Waals surface area contributed by atoms with Crippen molar-refractivity contribution in [3.63, 3.8) is 0 Å². The van der Waals surface area contributed by atoms with Gasteiger partial charge in [0.15, 0.2) is 5.75 Å². The molecule has 16 heteroatoms. The average molecular weight is 443 g/mol. The number of hydrogen-bond acceptors (Lipinski definition) is 9. The fourth-order valence-corrected chi connectivity index (χ4v) is 3.94. The molecular weight excluding hydrogens is 426 g/mol. The van der Waals surface area contributed by atoms with E-state index in [-0.39, 0.29) is 18.8 Å². The number of nitrogens with one attached hydrogen (secondary N) is 1. The number of aromatic nitrogens is 1. The van der Waals surface area contributed by atoms with Gasteiger partial charge in [-0.15, -0.1) is 0 Å². The molecule has 0 saturated carbocycles. The maximum atomic E-state index is 12.7. The molecule has 2 fully saturated rings. The van der Waals surface area contributed by atoms with Crippen LogP contribution in [0.3, 0.4) is 0 Å². The van der Waals surface area contributed by atoms with Gasteiger partial charge in [0.1, 0.15) is 6.04 Å². The highest BCUT2D eigenvalue weighted by Crippen LogP contribution is 2.16. The zero-order valence-corrected chi connectivity index (χ0v) is 16.0. The van der Waals surface area contributed by atoms with Crippen LogP contribution in [0.1, 0.15) is 5.69 Å². The largest absolute Gasteiger partial charge is 0.503 e. The Bertz CT molecular complexity index is 1110. The third kappa shape index (κ3) is 3.64. The van der Waals surface area contributed by atoms with Crippen molar-refractivity contribution >= 4 is 34.1 Å². The highest BCUT2D eigenvalue weighted by molar-refractivity contribution is 7.88. The van der Waals surface area contributed by atoms with Gasteiger partial charge in [-0.05, 0) is 0 Å². The van der Waals surface area contributed by atoms with Crippen LogP contribution in [-0.4, -0.2) is 77.0 Å². The van der Waals surface area contributed by atoms with Crippen LogP contribution in [0, 0.1) is 0 Å². The number of nitrogens with two attached hydrogens (primary N) is 2. The second-order valence-electron chi connectivity index (χ2n) is 6.45. The quantitative estimate of drug-likeness (QED) is 0.326. The SMILES string of the molecule is NC(=O)Cc1cc(=O)c(O)cn1N1CCN(S(=O)(=O)NC(=O)N2CC(N)C2=O)C1=O. The summed E-state index contributed by atoms with van der Waals surface area (Å²) < 4.78 is 27.7. The van der Waals surface area contributed by atoms with Crippen LogP contribution in [0.25, 0.3) is 0 Å². The van der Waals surface area contributed by atoms with E-state index in [1.165, 1.54) is 0 Å². The van der Waals surface area contributed by atoms with E-state index in [9.17, 15) is 37.5 Å². The Hall–Kier alpha value is -3.66. The standard InChI is InChI=1S/C14H17N7O8S/c15-8-5-18(12(8)25)13(26)17-30(28,29)21-2-1-19(14(21)27)20-6-10(23)9(22)3-7(20)4-11(16)24/h3,6,8,23H,1-2,4-5,15H2,(H2,16,24)(H,17,26). The number of aromatic hydroxyl groups is 1. The number of carbonyl (C=O) groups excluding carboxylic acids is 4. The maximum absolute atomic E-state index is 12.7. The molecule has 1 unspecified atom stereocenters. The summed E-state index contributed by atoms with van der Waals surface area (Å²) in [7, 11) is -4.69. The van der Waals surface area contributed by atoms with Crippen LogP contribution >= 0.6 is 0 Å². The van der Waals surface area contributed by atoms with Gasteiger partial charge in [0.2, 0.25) is 17.2 Å². The zero-order valence-electron chi connectivity index (χ0n) is 15.2. The predicted molar refractivity (Wildman–Crippen MR) is 97.6 cm³/mol. The van der Waals surface area contributed by atoms with Gasteiger partial charge in [0, 0.05) is 6.07 Å². The number of rotatable bonds is 5. The van der Waals surface area contributed by atoms with Crippen molar-refractivity contribution < 1.29 is 32.7 Å². The Labute approximate surface area is 168 Å². The fourth-order valence-electron chi connectivity index (χ4n) is 2.87. The summed E-state index contributed by atoms with van der Waals surface area (Å²) in [6.45, 7) is -0.819. The number of amides is 6. The molecule has 2 aliphatic rings. The zero-order chi connectivity index (χ0) is 22.4. The van der Waals surface area contributed by atoms with Gasteiger partial charge in [-0.25, -0.2) is 23.6 Å². The first-order chi connectivity index (χ1) is 13.9. The molecule has 0 spiro atoms. The minimum Gasteiger partial charge on any atom is -0.503 e. The molecule has 1 aromatic heterocycles. The van der Waals surface area contributed by atoms with E-state index >= 15 is 0 Å². The molecule has 0 aromatic carbocycles. The van der Waals surface area contributed by atoms with Gasteiger partial charge in [-0.3, -0.25) is 24.0 Å². The number of hydrogen-bond donors (Lipinski definition) is 4. The number of nitrogens with zero attached hydrogens (tertiary/aromatic N) is 4. The first-order valence-electron chi connectivity index (χ1n) is 8.38. The van der Waals surface area contributed by atoms with Crippen LogP contribution in [0.5, 0.6) is 5.75 Å². The van der Waals surface area contributed by atoms with Crippen LogP contribution in [0.15, 0.2) is 17.1 Å². The van der Waals surface area contributed by atoms with Crippen molar-refractivity contribution in [3.05, 3.63) is 28.2 Å². The summed E-state index contributed by atoms with van der Waals surface area (Å²) in [6.07, 6.45) is 0.368. The molecule has 1 atom stereocenters. The van der Waals surface area contributed by atoms with Gasteiger partial charge in [0.25, 0.3) is 0 Å². The first-order valence-corrected chi connectivity index (χ1v) is 9.82. The monoisotopic (exact) mass is 443 g/mol. The van der Waals surface area contributed by atoms with Gasteiger partial charge < -0.3 is 16.6 Å². The second kappa shape index (κ2) is 7.30. The molecule has 30 heavy (non-hydrogen) atoms. The number of pyridine rings is 1. The van der Waals surface area contributed by atoms with E-state index in [0.717, 1.165) is 21.9 Å². The lowest BCUT2D eigenvalue weighted by atomic mass is 10.1. The van der Waals surface area contributed by atoms with Crippen LogP contribution < -0.4 is 26.6 Å². The summed E-state index contributed by atoms with van der Waals surface area (Å²) in [5.41, 5.74) is 9.56. The molecule has 15 nitrogen and oxygen atoms in total. The lowest BCUT2D eigenvalue weighted by Crippen LogP contribution is -2.66. The molecule has 3 rings (SSSR count). The third-order valence-electron chi connectivity index (χ3n) is 4.37. The Morgan fingerprint density at radius 3 is 2.47 bits per heavy atom. The molecule has 0 aliphatic carbocycles. The van der Waals surface area contributed by atoms with Gasteiger partial charge >= 0.3 is 22.3 Å². The van der Waals surface area contributed by atoms with E-state index < -0.39 is 64.3 Å². The number of carbonyl (C=O) groups is 4. The Morgan fingerprint density at radius 1 is 1.23 bits per heavy atom. The normalized spacial score (nSPS) is 19.1. The van der Waals surface area contributed by atoms with Gasteiger partial charge in [0.05, 0.1) is 37.9 Å². The van der Waals surface area contributed by atoms with E-state index in [4.69, 9.17) is 11.5 Å². The third-order valence-corrected chi connectivity index (χ3v) is 5.72. The molecule has 0 radical (unpaired) electrons. The van der Waals surface area contributed by atoms with E-state index in [2.05, 4.69) is 0 Å². The maximum Gasteiger partial charge on any atom is 0.354 e. The minimum absolute atomic E-state index is 0.0675. The molecule has 0 bridgehead atoms. The van der Waals surface area contributed by atoms with Crippen LogP contribution in [0.4, 0.5) is 9.59 Å². The molecule has 6 N–H and O–H groups in total.